The number of hydrogen-bond donors (Lipinski definition) is 1. The van der Waals surface area contributed by atoms with Crippen molar-refractivity contribution < 1.29 is 54.5 Å². The van der Waals surface area contributed by atoms with Crippen molar-refractivity contribution in [2.45, 2.75) is 81.1 Å². The Balaban J connectivity index is 0.000000331. The number of carbonyl (C=O) groups is 1. The van der Waals surface area contributed by atoms with Crippen LogP contribution in [0.1, 0.15) is 62.8 Å². The third kappa shape index (κ3) is 15.0. The molecule has 0 fully saturated rings. The minimum absolute atomic E-state index is 0.0758. The van der Waals surface area contributed by atoms with Crippen molar-refractivity contribution in [2.24, 2.45) is 0 Å². The SMILES string of the molecule is COc1ccc(F)cc1C(C)(C)CC(=O)C(F)(F)F.COc1ccc(F)cc1C(C)(C)CC(O)(Cc1cc(Cl)nc(Cl)c1)C(F)(F)F.Clc1cc(CBr)cc(Cl)n1. The molecule has 0 amide bonds. The third-order valence-electron chi connectivity index (χ3n) is 8.26. The molecule has 0 radical (unpaired) electrons. The molecular formula is C38H37BrCl4F8N2O4. The van der Waals surface area contributed by atoms with E-state index in [-0.39, 0.29) is 38.5 Å². The van der Waals surface area contributed by atoms with Crippen LogP contribution in [0.2, 0.25) is 20.6 Å². The van der Waals surface area contributed by atoms with Crippen LogP contribution in [0.15, 0.2) is 60.7 Å². The summed E-state index contributed by atoms with van der Waals surface area (Å²) in [4.78, 5) is 18.6. The number of aliphatic hydroxyl groups is 1. The molecule has 1 atom stereocenters. The molecule has 0 aliphatic carbocycles. The van der Waals surface area contributed by atoms with E-state index in [1.54, 1.807) is 12.1 Å². The second kappa shape index (κ2) is 20.3. The van der Waals surface area contributed by atoms with Gasteiger partial charge in [-0.05, 0) is 83.6 Å². The fourth-order valence-electron chi connectivity index (χ4n) is 5.65. The Hall–Kier alpha value is -2.95. The number of aromatic nitrogens is 2. The number of ketones is 1. The molecule has 1 unspecified atom stereocenters. The summed E-state index contributed by atoms with van der Waals surface area (Å²) in [7, 11) is 2.67. The van der Waals surface area contributed by atoms with Gasteiger partial charge in [-0.2, -0.15) is 26.3 Å². The van der Waals surface area contributed by atoms with Gasteiger partial charge in [-0.15, -0.1) is 0 Å². The van der Waals surface area contributed by atoms with Gasteiger partial charge < -0.3 is 14.6 Å². The maximum absolute atomic E-state index is 13.9. The lowest BCUT2D eigenvalue weighted by Crippen LogP contribution is -2.50. The summed E-state index contributed by atoms with van der Waals surface area (Å²) in [6.45, 7) is 5.84. The van der Waals surface area contributed by atoms with Gasteiger partial charge in [0.25, 0.3) is 0 Å². The first kappa shape index (κ1) is 50.2. The van der Waals surface area contributed by atoms with Crippen molar-refractivity contribution >= 4 is 68.1 Å². The minimum Gasteiger partial charge on any atom is -0.496 e. The molecule has 0 bridgehead atoms. The highest BCUT2D eigenvalue weighted by atomic mass is 79.9. The largest absolute Gasteiger partial charge is 0.496 e. The second-order valence-corrected chi connectivity index (χ2v) is 15.9. The number of benzene rings is 2. The van der Waals surface area contributed by atoms with E-state index >= 15 is 0 Å². The molecule has 0 saturated heterocycles. The lowest BCUT2D eigenvalue weighted by atomic mass is 9.72. The van der Waals surface area contributed by atoms with Crippen molar-refractivity contribution in [1.29, 1.82) is 0 Å². The predicted molar refractivity (Wildman–Crippen MR) is 208 cm³/mol. The van der Waals surface area contributed by atoms with E-state index in [0.717, 1.165) is 35.2 Å². The molecule has 2 aromatic heterocycles. The van der Waals surface area contributed by atoms with E-state index in [2.05, 4.69) is 25.9 Å². The molecule has 2 heterocycles. The first-order valence-electron chi connectivity index (χ1n) is 16.3. The highest BCUT2D eigenvalue weighted by molar-refractivity contribution is 9.08. The Kier molecular flexibility index (Phi) is 17.9. The van der Waals surface area contributed by atoms with Crippen molar-refractivity contribution in [3.05, 3.63) is 115 Å². The summed E-state index contributed by atoms with van der Waals surface area (Å²) >= 11 is 26.0. The molecule has 57 heavy (non-hydrogen) atoms. The Bertz CT molecular complexity index is 1960. The molecule has 4 aromatic rings. The molecular weight excluding hydrogens is 922 g/mol. The summed E-state index contributed by atoms with van der Waals surface area (Å²) in [5.74, 6) is -2.58. The van der Waals surface area contributed by atoms with E-state index in [1.165, 1.54) is 66.2 Å². The van der Waals surface area contributed by atoms with E-state index in [9.17, 15) is 45.0 Å². The second-order valence-electron chi connectivity index (χ2n) is 13.8. The van der Waals surface area contributed by atoms with Crippen LogP contribution in [0, 0.1) is 11.6 Å². The maximum Gasteiger partial charge on any atom is 0.450 e. The molecule has 4 rings (SSSR count). The van der Waals surface area contributed by atoms with Crippen LogP contribution in [0.3, 0.4) is 0 Å². The first-order valence-corrected chi connectivity index (χ1v) is 19.0. The average Bonchev–Trinajstić information content (AvgIpc) is 3.06. The van der Waals surface area contributed by atoms with Crippen LogP contribution in [0.4, 0.5) is 35.1 Å². The number of pyridine rings is 2. The van der Waals surface area contributed by atoms with Gasteiger partial charge in [0.15, 0.2) is 5.60 Å². The summed E-state index contributed by atoms with van der Waals surface area (Å²) in [6.07, 6.45) is -12.2. The third-order valence-corrected chi connectivity index (χ3v) is 9.68. The van der Waals surface area contributed by atoms with Gasteiger partial charge in [0.2, 0.25) is 5.78 Å². The normalized spacial score (nSPS) is 13.1. The number of halogens is 13. The minimum atomic E-state index is -4.97. The lowest BCUT2D eigenvalue weighted by Gasteiger charge is -2.38. The standard InChI is InChI=1S/C19H19Cl2F4NO2.C13H14F4O2.C6H4BrCl2N/c1-17(2,13-8-12(22)4-5-14(13)28-3)10-18(27,19(23,24)25)9-11-6-15(20)26-16(21)7-11;1-12(2,7-11(18)13(15,16)17)9-6-8(14)4-5-10(9)19-3;7-3-4-1-5(8)10-6(9)2-4/h4-8,27H,9-10H2,1-3H3;4-6H,7H2,1-3H3;1-2H,3H2. The van der Waals surface area contributed by atoms with Gasteiger partial charge in [-0.1, -0.05) is 90.0 Å². The number of rotatable bonds is 11. The smallest absolute Gasteiger partial charge is 0.450 e. The summed E-state index contributed by atoms with van der Waals surface area (Å²) < 4.78 is 116. The first-order chi connectivity index (χ1) is 26.1. The van der Waals surface area contributed by atoms with Gasteiger partial charge in [0, 0.05) is 34.7 Å². The zero-order valence-corrected chi connectivity index (χ0v) is 35.7. The fourth-order valence-corrected chi connectivity index (χ4v) is 6.98. The maximum atomic E-state index is 13.9. The Morgan fingerprint density at radius 3 is 1.42 bits per heavy atom. The van der Waals surface area contributed by atoms with Crippen LogP contribution in [0.25, 0.3) is 0 Å². The van der Waals surface area contributed by atoms with Crippen LogP contribution < -0.4 is 9.47 Å². The summed E-state index contributed by atoms with van der Waals surface area (Å²) in [6, 6.07) is 13.1. The molecule has 0 aliphatic rings. The topological polar surface area (TPSA) is 81.5 Å². The molecule has 0 spiro atoms. The van der Waals surface area contributed by atoms with E-state index < -0.39 is 65.5 Å². The van der Waals surface area contributed by atoms with Gasteiger partial charge in [0.05, 0.1) is 14.2 Å². The van der Waals surface area contributed by atoms with E-state index in [1.807, 2.05) is 0 Å². The Morgan fingerprint density at radius 1 is 0.684 bits per heavy atom. The van der Waals surface area contributed by atoms with E-state index in [4.69, 9.17) is 55.9 Å². The number of alkyl halides is 7. The highest BCUT2D eigenvalue weighted by Gasteiger charge is 2.56. The quantitative estimate of drug-likeness (QED) is 0.0916. The van der Waals surface area contributed by atoms with Crippen LogP contribution in [-0.2, 0) is 27.4 Å². The zero-order chi connectivity index (χ0) is 43.7. The molecule has 2 aromatic carbocycles. The van der Waals surface area contributed by atoms with Gasteiger partial charge in [0.1, 0.15) is 43.7 Å². The van der Waals surface area contributed by atoms with Gasteiger partial charge in [-0.3, -0.25) is 4.79 Å². The van der Waals surface area contributed by atoms with Crippen LogP contribution in [0.5, 0.6) is 11.5 Å². The monoisotopic (exact) mass is 956 g/mol. The van der Waals surface area contributed by atoms with Crippen LogP contribution >= 0.6 is 62.3 Å². The fraction of sp³-hybridized carbons (Fsp3) is 0.395. The van der Waals surface area contributed by atoms with Gasteiger partial charge in [-0.25, -0.2) is 18.7 Å². The number of nitrogens with zero attached hydrogens (tertiary/aromatic N) is 2. The number of hydrogen-bond acceptors (Lipinski definition) is 6. The lowest BCUT2D eigenvalue weighted by molar-refractivity contribution is -0.266. The predicted octanol–water partition coefficient (Wildman–Crippen LogP) is 12.7. The van der Waals surface area contributed by atoms with Gasteiger partial charge >= 0.3 is 12.4 Å². The molecule has 0 saturated carbocycles. The Morgan fingerprint density at radius 2 is 1.07 bits per heavy atom. The summed E-state index contributed by atoms with van der Waals surface area (Å²) in [5.41, 5.74) is -4.03. The van der Waals surface area contributed by atoms with Crippen molar-refractivity contribution in [3.63, 3.8) is 0 Å². The highest BCUT2D eigenvalue weighted by Crippen LogP contribution is 2.45. The number of carbonyl (C=O) groups excluding carboxylic acids is 1. The number of ether oxygens (including phenoxy) is 2. The zero-order valence-electron chi connectivity index (χ0n) is 31.1. The van der Waals surface area contributed by atoms with Crippen molar-refractivity contribution in [3.8, 4) is 11.5 Å². The van der Waals surface area contributed by atoms with Crippen molar-refractivity contribution in [1.82, 2.24) is 9.97 Å². The van der Waals surface area contributed by atoms with Crippen molar-refractivity contribution in [2.75, 3.05) is 14.2 Å². The molecule has 0 aliphatic heterocycles. The van der Waals surface area contributed by atoms with E-state index in [0.29, 0.717) is 10.3 Å². The molecule has 19 heteroatoms. The number of methoxy groups -OCH3 is 2. The number of Topliss-reactive ketones (excluding diaryl/α,β-unsaturated/α-hetero) is 1. The summed E-state index contributed by atoms with van der Waals surface area (Å²) in [5, 5.41) is 12.1. The molecule has 1 N–H and O–H groups in total. The molecule has 314 valence electrons. The average molecular weight is 959 g/mol. The van der Waals surface area contributed by atoms with Crippen LogP contribution in [-0.4, -0.2) is 53.0 Å². The molecule has 6 nitrogen and oxygen atoms in total. The Labute approximate surface area is 352 Å².